The van der Waals surface area contributed by atoms with E-state index < -0.39 is 0 Å². The van der Waals surface area contributed by atoms with Crippen LogP contribution in [-0.4, -0.2) is 52.2 Å². The van der Waals surface area contributed by atoms with E-state index in [0.29, 0.717) is 17.4 Å². The van der Waals surface area contributed by atoms with Gasteiger partial charge in [-0.05, 0) is 66.9 Å². The number of rotatable bonds is 4. The van der Waals surface area contributed by atoms with Gasteiger partial charge < -0.3 is 9.80 Å². The van der Waals surface area contributed by atoms with Crippen molar-refractivity contribution in [3.8, 4) is 17.2 Å². The van der Waals surface area contributed by atoms with Gasteiger partial charge in [-0.25, -0.2) is 4.98 Å². The number of hydrogen-bond acceptors (Lipinski definition) is 5. The molecule has 7 heteroatoms. The molecule has 7 nitrogen and oxygen atoms in total. The van der Waals surface area contributed by atoms with Crippen molar-refractivity contribution in [2.24, 2.45) is 17.3 Å². The largest absolute Gasteiger partial charge is 0.355 e. The summed E-state index contributed by atoms with van der Waals surface area (Å²) in [7, 11) is 0. The van der Waals surface area contributed by atoms with Crippen LogP contribution < -0.4 is 4.90 Å². The number of aromatic amines is 1. The molecule has 1 N–H and O–H groups in total. The molecule has 1 aromatic carbocycles. The number of nitrogens with zero attached hydrogens (tertiary/aromatic N) is 5. The predicted molar refractivity (Wildman–Crippen MR) is 141 cm³/mol. The van der Waals surface area contributed by atoms with Crippen molar-refractivity contribution in [3.05, 3.63) is 53.4 Å². The monoisotopic (exact) mass is 480 g/mol. The molecular formula is C29H32N6O. The molecule has 1 atom stereocenters. The summed E-state index contributed by atoms with van der Waals surface area (Å²) in [5.41, 5.74) is 7.38. The number of hydrogen-bond donors (Lipinski definition) is 1. The van der Waals surface area contributed by atoms with Crippen LogP contribution in [0, 0.1) is 35.5 Å². The fraction of sp³-hybridized carbons (Fsp3) is 0.448. The summed E-state index contributed by atoms with van der Waals surface area (Å²) in [6.45, 7) is 13.5. The molecule has 6 rings (SSSR count). The molecule has 2 aliphatic heterocycles. The Labute approximate surface area is 211 Å². The van der Waals surface area contributed by atoms with Gasteiger partial charge in [-0.2, -0.15) is 10.4 Å². The minimum atomic E-state index is -0.00172. The van der Waals surface area contributed by atoms with Crippen molar-refractivity contribution >= 4 is 22.6 Å². The van der Waals surface area contributed by atoms with Gasteiger partial charge in [0.1, 0.15) is 17.5 Å². The highest BCUT2D eigenvalue weighted by atomic mass is 16.2. The molecule has 0 bridgehead atoms. The number of benzene rings is 1. The number of aryl methyl sites for hydroxylation is 1. The lowest BCUT2D eigenvalue weighted by Gasteiger charge is -2.47. The lowest BCUT2D eigenvalue weighted by molar-refractivity contribution is -0.136. The summed E-state index contributed by atoms with van der Waals surface area (Å²) in [6, 6.07) is 6.76. The first kappa shape index (κ1) is 22.8. The first-order chi connectivity index (χ1) is 17.3. The van der Waals surface area contributed by atoms with Crippen molar-refractivity contribution in [2.75, 3.05) is 31.1 Å². The van der Waals surface area contributed by atoms with Crippen molar-refractivity contribution in [3.63, 3.8) is 0 Å². The molecule has 184 valence electrons. The Hall–Kier alpha value is -3.66. The molecule has 36 heavy (non-hydrogen) atoms. The summed E-state index contributed by atoms with van der Waals surface area (Å²) in [6.07, 6.45) is 6.16. The van der Waals surface area contributed by atoms with E-state index in [-0.39, 0.29) is 11.3 Å². The minimum absolute atomic E-state index is 0.00172. The Kier molecular flexibility index (Phi) is 5.18. The fourth-order valence-corrected chi connectivity index (χ4v) is 6.59. The van der Waals surface area contributed by atoms with Crippen LogP contribution in [0.4, 0.5) is 5.82 Å². The van der Waals surface area contributed by atoms with Crippen molar-refractivity contribution < 1.29 is 4.79 Å². The second-order valence-corrected chi connectivity index (χ2v) is 11.3. The third-order valence-electron chi connectivity index (χ3n) is 8.70. The number of amides is 1. The number of fused-ring (bicyclic) bond motifs is 2. The Morgan fingerprint density at radius 2 is 2.08 bits per heavy atom. The molecule has 3 aromatic rings. The molecule has 2 fully saturated rings. The third kappa shape index (κ3) is 3.35. The second-order valence-electron chi connectivity index (χ2n) is 11.3. The quantitative estimate of drug-likeness (QED) is 0.559. The number of carbonyl (C=O) groups excluding carboxylic acids is 1. The average molecular weight is 481 g/mol. The fourth-order valence-electron chi connectivity index (χ4n) is 6.59. The molecule has 1 aliphatic carbocycles. The van der Waals surface area contributed by atoms with E-state index in [2.05, 4.69) is 60.6 Å². The van der Waals surface area contributed by atoms with Gasteiger partial charge in [-0.15, -0.1) is 0 Å². The Morgan fingerprint density at radius 3 is 2.81 bits per heavy atom. The minimum Gasteiger partial charge on any atom is -0.355 e. The van der Waals surface area contributed by atoms with Gasteiger partial charge in [0.2, 0.25) is 5.91 Å². The normalized spacial score (nSPS) is 20.1. The van der Waals surface area contributed by atoms with Crippen LogP contribution in [0.3, 0.4) is 0 Å². The molecule has 1 amide bonds. The molecule has 0 radical (unpaired) electrons. The number of carbonyl (C=O) groups is 1. The van der Waals surface area contributed by atoms with Crippen molar-refractivity contribution in [1.29, 1.82) is 5.26 Å². The number of aromatic nitrogens is 3. The van der Waals surface area contributed by atoms with E-state index in [0.717, 1.165) is 84.5 Å². The van der Waals surface area contributed by atoms with Gasteiger partial charge in [0.25, 0.3) is 0 Å². The Bertz CT molecular complexity index is 1440. The van der Waals surface area contributed by atoms with Crippen LogP contribution in [-0.2, 0) is 17.6 Å². The predicted octanol–water partition coefficient (Wildman–Crippen LogP) is 4.40. The average Bonchev–Trinajstić information content (AvgIpc) is 3.59. The number of pyridine rings is 1. The van der Waals surface area contributed by atoms with Crippen LogP contribution in [0.1, 0.15) is 42.7 Å². The maximum Gasteiger partial charge on any atom is 0.245 e. The van der Waals surface area contributed by atoms with Gasteiger partial charge >= 0.3 is 0 Å². The number of H-pyrrole nitrogens is 1. The lowest BCUT2D eigenvalue weighted by Crippen LogP contribution is -2.59. The van der Waals surface area contributed by atoms with Crippen LogP contribution >= 0.6 is 0 Å². The summed E-state index contributed by atoms with van der Waals surface area (Å²) in [5.74, 6) is 1.87. The zero-order valence-corrected chi connectivity index (χ0v) is 21.3. The molecule has 0 saturated carbocycles. The number of likely N-dealkylation sites (tertiary alicyclic amines) is 1. The van der Waals surface area contributed by atoms with E-state index in [9.17, 15) is 10.1 Å². The molecule has 1 spiro atoms. The van der Waals surface area contributed by atoms with Gasteiger partial charge in [-0.1, -0.05) is 26.5 Å². The van der Waals surface area contributed by atoms with E-state index >= 15 is 0 Å². The van der Waals surface area contributed by atoms with E-state index in [1.807, 2.05) is 11.1 Å². The molecule has 2 aromatic heterocycles. The maximum absolute atomic E-state index is 12.0. The van der Waals surface area contributed by atoms with E-state index in [1.165, 1.54) is 11.6 Å². The second kappa shape index (κ2) is 8.19. The van der Waals surface area contributed by atoms with Crippen LogP contribution in [0.25, 0.3) is 22.0 Å². The highest BCUT2D eigenvalue weighted by Gasteiger charge is 2.49. The number of nitriles is 1. The van der Waals surface area contributed by atoms with Crippen molar-refractivity contribution in [2.45, 2.75) is 40.0 Å². The van der Waals surface area contributed by atoms with Crippen LogP contribution in [0.15, 0.2) is 31.0 Å². The highest BCUT2D eigenvalue weighted by molar-refractivity contribution is 5.99. The van der Waals surface area contributed by atoms with Crippen LogP contribution in [0.2, 0.25) is 0 Å². The molecule has 3 aliphatic rings. The standard InChI is InChI=1S/C29H32N6O/c1-5-25(36)35-15-29(16-35)8-9-34(14-29)28-21(12-30)27(20-10-19(17(2)3)11-24(20)32-28)26-18(4)6-7-23-22(26)13-31-33-23/h5-7,13,17,19H,1,8-11,14-16H2,2-4H3,(H,31,33)/t19-/m1/s1. The summed E-state index contributed by atoms with van der Waals surface area (Å²) in [5, 5.41) is 19.1. The third-order valence-corrected chi connectivity index (χ3v) is 8.70. The maximum atomic E-state index is 12.0. The van der Waals surface area contributed by atoms with Crippen LogP contribution in [0.5, 0.6) is 0 Å². The molecule has 0 unspecified atom stereocenters. The van der Waals surface area contributed by atoms with Crippen molar-refractivity contribution in [1.82, 2.24) is 20.1 Å². The van der Waals surface area contributed by atoms with Gasteiger partial charge in [0.05, 0.1) is 11.7 Å². The van der Waals surface area contributed by atoms with Gasteiger partial charge in [0.15, 0.2) is 0 Å². The smallest absolute Gasteiger partial charge is 0.245 e. The van der Waals surface area contributed by atoms with E-state index in [4.69, 9.17) is 4.98 Å². The SMILES string of the molecule is C=CC(=O)N1CC2(CCN(c3nc4c(c(-c5c(C)ccc6[nH]ncc56)c3C#N)C[C@@H](C(C)C)C4)C2)C1. The van der Waals surface area contributed by atoms with Gasteiger partial charge in [0, 0.05) is 48.2 Å². The molecule has 4 heterocycles. The highest BCUT2D eigenvalue weighted by Crippen LogP contribution is 2.47. The first-order valence-corrected chi connectivity index (χ1v) is 12.9. The Balaban J connectivity index is 1.48. The topological polar surface area (TPSA) is 88.9 Å². The first-order valence-electron chi connectivity index (χ1n) is 12.9. The summed E-state index contributed by atoms with van der Waals surface area (Å²) >= 11 is 0. The lowest BCUT2D eigenvalue weighted by atomic mass is 9.79. The summed E-state index contributed by atoms with van der Waals surface area (Å²) in [4.78, 5) is 21.4. The Morgan fingerprint density at radius 1 is 1.28 bits per heavy atom. The number of nitrogens with one attached hydrogen (secondary N) is 1. The van der Waals surface area contributed by atoms with Gasteiger partial charge in [-0.3, -0.25) is 9.89 Å². The summed E-state index contributed by atoms with van der Waals surface area (Å²) < 4.78 is 0. The number of anilines is 1. The zero-order valence-electron chi connectivity index (χ0n) is 21.3. The molecular weight excluding hydrogens is 448 g/mol. The zero-order chi connectivity index (χ0) is 25.2. The molecule has 2 saturated heterocycles. The van der Waals surface area contributed by atoms with E-state index in [1.54, 1.807) is 0 Å².